The number of ether oxygens (including phenoxy) is 1. The van der Waals surface area contributed by atoms with Gasteiger partial charge in [-0.3, -0.25) is 0 Å². The molecule has 0 aromatic heterocycles. The summed E-state index contributed by atoms with van der Waals surface area (Å²) in [6, 6.07) is 0.732. The first kappa shape index (κ1) is 13.3. The molecule has 2 saturated heterocycles. The maximum Gasteiger partial charge on any atom is 0.0547 e. The maximum absolute atomic E-state index is 5.95. The lowest BCUT2D eigenvalue weighted by Crippen LogP contribution is -2.48. The van der Waals surface area contributed by atoms with E-state index < -0.39 is 0 Å². The van der Waals surface area contributed by atoms with Crippen LogP contribution in [0.3, 0.4) is 0 Å². The van der Waals surface area contributed by atoms with Gasteiger partial charge in [0.2, 0.25) is 0 Å². The van der Waals surface area contributed by atoms with E-state index in [1.807, 2.05) is 0 Å². The molecule has 0 saturated carbocycles. The molecule has 0 aliphatic carbocycles. The second kappa shape index (κ2) is 5.65. The van der Waals surface area contributed by atoms with Crippen molar-refractivity contribution in [1.29, 1.82) is 0 Å². The molecule has 17 heavy (non-hydrogen) atoms. The van der Waals surface area contributed by atoms with Crippen molar-refractivity contribution in [2.24, 2.45) is 11.1 Å². The topological polar surface area (TPSA) is 41.7 Å². The number of hydrogen-bond donors (Lipinski definition) is 1. The summed E-state index contributed by atoms with van der Waals surface area (Å²) in [4.78, 5) is 4.94. The summed E-state index contributed by atoms with van der Waals surface area (Å²) >= 11 is 0. The second-order valence-electron chi connectivity index (χ2n) is 5.96. The van der Waals surface area contributed by atoms with Crippen LogP contribution in [0.5, 0.6) is 0 Å². The zero-order chi connectivity index (χ0) is 12.3. The Hall–Kier alpha value is -0.160. The van der Waals surface area contributed by atoms with Crippen LogP contribution >= 0.6 is 0 Å². The predicted molar refractivity (Wildman–Crippen MR) is 70.1 cm³/mol. The third-order valence-electron chi connectivity index (χ3n) is 4.51. The fraction of sp³-hybridized carbons (Fsp3) is 1.00. The molecule has 0 radical (unpaired) electrons. The number of nitrogens with two attached hydrogens (primary N) is 1. The molecule has 2 rings (SSSR count). The lowest BCUT2D eigenvalue weighted by Gasteiger charge is -2.39. The molecule has 4 heteroatoms. The Bertz CT molecular complexity index is 233. The molecular weight excluding hydrogens is 214 g/mol. The molecule has 1 unspecified atom stereocenters. The van der Waals surface area contributed by atoms with Crippen molar-refractivity contribution >= 4 is 0 Å². The standard InChI is InChI=1S/C13H27N3O/c1-15-6-3-12(4-7-15)16(2)10-13(9-14)5-8-17-11-13/h12H,3-11,14H2,1-2H3. The molecule has 2 fully saturated rings. The van der Waals surface area contributed by atoms with Gasteiger partial charge in [-0.2, -0.15) is 0 Å². The maximum atomic E-state index is 5.95. The van der Waals surface area contributed by atoms with E-state index in [4.69, 9.17) is 10.5 Å². The molecule has 0 spiro atoms. The lowest BCUT2D eigenvalue weighted by molar-refractivity contribution is 0.0818. The SMILES string of the molecule is CN1CCC(N(C)CC2(CN)CCOC2)CC1. The molecule has 4 nitrogen and oxygen atoms in total. The average Bonchev–Trinajstić information content (AvgIpc) is 2.79. The highest BCUT2D eigenvalue weighted by molar-refractivity contribution is 4.89. The summed E-state index contributed by atoms with van der Waals surface area (Å²) in [5, 5.41) is 0. The van der Waals surface area contributed by atoms with Crippen molar-refractivity contribution < 1.29 is 4.74 Å². The first-order valence-corrected chi connectivity index (χ1v) is 6.82. The molecule has 0 aromatic carbocycles. The van der Waals surface area contributed by atoms with E-state index in [9.17, 15) is 0 Å². The van der Waals surface area contributed by atoms with Crippen LogP contribution in [0.1, 0.15) is 19.3 Å². The smallest absolute Gasteiger partial charge is 0.0547 e. The average molecular weight is 241 g/mol. The van der Waals surface area contributed by atoms with Crippen LogP contribution < -0.4 is 5.73 Å². The van der Waals surface area contributed by atoms with Gasteiger partial charge in [-0.15, -0.1) is 0 Å². The van der Waals surface area contributed by atoms with Gasteiger partial charge in [-0.1, -0.05) is 0 Å². The molecule has 0 bridgehead atoms. The minimum Gasteiger partial charge on any atom is -0.381 e. The highest BCUT2D eigenvalue weighted by atomic mass is 16.5. The van der Waals surface area contributed by atoms with Gasteiger partial charge in [0.25, 0.3) is 0 Å². The van der Waals surface area contributed by atoms with Gasteiger partial charge in [0.1, 0.15) is 0 Å². The van der Waals surface area contributed by atoms with Gasteiger partial charge in [-0.25, -0.2) is 0 Å². The predicted octanol–water partition coefficient (Wildman–Crippen LogP) is 0.378. The van der Waals surface area contributed by atoms with Gasteiger partial charge >= 0.3 is 0 Å². The molecule has 0 aromatic rings. The Balaban J connectivity index is 1.85. The number of piperidine rings is 1. The van der Waals surface area contributed by atoms with Gasteiger partial charge in [0.15, 0.2) is 0 Å². The summed E-state index contributed by atoms with van der Waals surface area (Å²) in [6.45, 7) is 6.03. The third kappa shape index (κ3) is 3.19. The minimum atomic E-state index is 0.220. The van der Waals surface area contributed by atoms with Gasteiger partial charge < -0.3 is 20.3 Å². The van der Waals surface area contributed by atoms with E-state index in [0.717, 1.165) is 38.8 Å². The number of likely N-dealkylation sites (tertiary alicyclic amines) is 1. The largest absolute Gasteiger partial charge is 0.381 e. The van der Waals surface area contributed by atoms with E-state index in [1.165, 1.54) is 25.9 Å². The Morgan fingerprint density at radius 3 is 2.65 bits per heavy atom. The van der Waals surface area contributed by atoms with Crippen molar-refractivity contribution in [2.45, 2.75) is 25.3 Å². The fourth-order valence-electron chi connectivity index (χ4n) is 3.09. The van der Waals surface area contributed by atoms with Crippen LogP contribution in [0.2, 0.25) is 0 Å². The van der Waals surface area contributed by atoms with Gasteiger partial charge in [0.05, 0.1) is 6.61 Å². The fourth-order valence-corrected chi connectivity index (χ4v) is 3.09. The molecule has 1 atom stereocenters. The molecule has 0 amide bonds. The highest BCUT2D eigenvalue weighted by Gasteiger charge is 2.36. The Morgan fingerprint density at radius 1 is 1.41 bits per heavy atom. The van der Waals surface area contributed by atoms with E-state index in [-0.39, 0.29) is 5.41 Å². The van der Waals surface area contributed by atoms with E-state index in [0.29, 0.717) is 0 Å². The van der Waals surface area contributed by atoms with Crippen LogP contribution in [0.25, 0.3) is 0 Å². The Morgan fingerprint density at radius 2 is 2.12 bits per heavy atom. The van der Waals surface area contributed by atoms with E-state index >= 15 is 0 Å². The van der Waals surface area contributed by atoms with Crippen LogP contribution in [-0.4, -0.2) is 69.3 Å². The van der Waals surface area contributed by atoms with Crippen molar-refractivity contribution in [3.8, 4) is 0 Å². The number of nitrogens with zero attached hydrogens (tertiary/aromatic N) is 2. The zero-order valence-electron chi connectivity index (χ0n) is 11.3. The molecular formula is C13H27N3O. The van der Waals surface area contributed by atoms with Crippen molar-refractivity contribution in [2.75, 3.05) is 53.5 Å². The minimum absolute atomic E-state index is 0.220. The molecule has 2 aliphatic heterocycles. The third-order valence-corrected chi connectivity index (χ3v) is 4.51. The van der Waals surface area contributed by atoms with Gasteiger partial charge in [0, 0.05) is 31.2 Å². The summed E-state index contributed by atoms with van der Waals surface area (Å²) in [7, 11) is 4.47. The van der Waals surface area contributed by atoms with Crippen LogP contribution in [0.4, 0.5) is 0 Å². The first-order chi connectivity index (χ1) is 8.15. The number of rotatable bonds is 4. The van der Waals surface area contributed by atoms with Crippen molar-refractivity contribution in [1.82, 2.24) is 9.80 Å². The highest BCUT2D eigenvalue weighted by Crippen LogP contribution is 2.29. The zero-order valence-corrected chi connectivity index (χ0v) is 11.3. The van der Waals surface area contributed by atoms with E-state index in [1.54, 1.807) is 0 Å². The quantitative estimate of drug-likeness (QED) is 0.772. The van der Waals surface area contributed by atoms with Crippen LogP contribution in [0.15, 0.2) is 0 Å². The Labute approximate surface area is 105 Å². The Kier molecular flexibility index (Phi) is 4.42. The first-order valence-electron chi connectivity index (χ1n) is 6.82. The summed E-state index contributed by atoms with van der Waals surface area (Å²) in [5.74, 6) is 0. The molecule has 2 aliphatic rings. The van der Waals surface area contributed by atoms with Crippen LogP contribution in [0, 0.1) is 5.41 Å². The van der Waals surface area contributed by atoms with E-state index in [2.05, 4.69) is 23.9 Å². The normalized spacial score (nSPS) is 32.5. The summed E-state index contributed by atoms with van der Waals surface area (Å²) in [5.41, 5.74) is 6.17. The summed E-state index contributed by atoms with van der Waals surface area (Å²) < 4.78 is 5.54. The molecule has 2 N–H and O–H groups in total. The van der Waals surface area contributed by atoms with Crippen molar-refractivity contribution in [3.05, 3.63) is 0 Å². The summed E-state index contributed by atoms with van der Waals surface area (Å²) in [6.07, 6.45) is 3.70. The monoisotopic (exact) mass is 241 g/mol. The van der Waals surface area contributed by atoms with Crippen LogP contribution in [-0.2, 0) is 4.74 Å². The molecule has 100 valence electrons. The van der Waals surface area contributed by atoms with Crippen molar-refractivity contribution in [3.63, 3.8) is 0 Å². The van der Waals surface area contributed by atoms with Gasteiger partial charge in [-0.05, 0) is 46.4 Å². The second-order valence-corrected chi connectivity index (χ2v) is 5.96. The number of hydrogen-bond acceptors (Lipinski definition) is 4. The lowest BCUT2D eigenvalue weighted by atomic mass is 9.86. The molecule has 2 heterocycles.